The van der Waals surface area contributed by atoms with E-state index in [9.17, 15) is 19.5 Å². The van der Waals surface area contributed by atoms with Crippen LogP contribution in [0.15, 0.2) is 56.1 Å². The SMILES string of the molecule is Cc1oc2cc3oc(=O)c(CC(=O)N[C@@H](Cc4ccccc4)C(=O)O)c(C)c3cc2c1C. The number of carbonyl (C=O) groups is 2. The van der Waals surface area contributed by atoms with Crippen molar-refractivity contribution < 1.29 is 23.5 Å². The van der Waals surface area contributed by atoms with Crippen LogP contribution < -0.4 is 10.9 Å². The van der Waals surface area contributed by atoms with Gasteiger partial charge in [0.2, 0.25) is 5.91 Å². The molecule has 1 amide bonds. The molecule has 32 heavy (non-hydrogen) atoms. The molecular formula is C25H23NO6. The minimum absolute atomic E-state index is 0.143. The Balaban J connectivity index is 1.63. The van der Waals surface area contributed by atoms with E-state index in [1.807, 2.05) is 26.0 Å². The van der Waals surface area contributed by atoms with Gasteiger partial charge in [0.15, 0.2) is 0 Å². The van der Waals surface area contributed by atoms with E-state index in [1.165, 1.54) is 0 Å². The standard InChI is InChI=1S/C25H23NO6/c1-13-15(3)31-21-12-22-18(10-17(13)21)14(2)19(25(30)32-22)11-23(27)26-20(24(28)29)9-16-7-5-4-6-8-16/h4-8,10,12,20H,9,11H2,1-3H3,(H,26,27)(H,28,29)/t20-/m0/s1. The summed E-state index contributed by atoms with van der Waals surface area (Å²) in [6.45, 7) is 5.58. The fraction of sp³-hybridized carbons (Fsp3) is 0.240. The van der Waals surface area contributed by atoms with Gasteiger partial charge in [0.1, 0.15) is 23.0 Å². The van der Waals surface area contributed by atoms with Crippen molar-refractivity contribution in [1.82, 2.24) is 5.32 Å². The number of hydrogen-bond donors (Lipinski definition) is 2. The van der Waals surface area contributed by atoms with E-state index in [0.717, 1.165) is 22.3 Å². The van der Waals surface area contributed by atoms with Gasteiger partial charge in [-0.2, -0.15) is 0 Å². The van der Waals surface area contributed by atoms with Crippen LogP contribution in [0.25, 0.3) is 21.9 Å². The number of rotatable bonds is 6. The van der Waals surface area contributed by atoms with Crippen LogP contribution in [-0.4, -0.2) is 23.0 Å². The van der Waals surface area contributed by atoms with Crippen LogP contribution in [0, 0.1) is 20.8 Å². The van der Waals surface area contributed by atoms with Crippen molar-refractivity contribution in [3.63, 3.8) is 0 Å². The number of nitrogens with one attached hydrogen (secondary N) is 1. The molecule has 0 bridgehead atoms. The Morgan fingerprint density at radius 3 is 2.31 bits per heavy atom. The van der Waals surface area contributed by atoms with Gasteiger partial charge in [-0.3, -0.25) is 4.79 Å². The second-order valence-corrected chi connectivity index (χ2v) is 7.95. The molecule has 4 aromatic rings. The number of carbonyl (C=O) groups excluding carboxylic acids is 1. The largest absolute Gasteiger partial charge is 0.480 e. The molecule has 0 aliphatic heterocycles. The van der Waals surface area contributed by atoms with Crippen molar-refractivity contribution in [2.75, 3.05) is 0 Å². The zero-order valence-corrected chi connectivity index (χ0v) is 18.0. The van der Waals surface area contributed by atoms with E-state index < -0.39 is 23.5 Å². The first-order valence-electron chi connectivity index (χ1n) is 10.3. The summed E-state index contributed by atoms with van der Waals surface area (Å²) in [5.74, 6) is -0.912. The van der Waals surface area contributed by atoms with Crippen molar-refractivity contribution in [2.45, 2.75) is 39.7 Å². The van der Waals surface area contributed by atoms with Gasteiger partial charge in [0.05, 0.1) is 12.0 Å². The molecule has 0 spiro atoms. The second kappa shape index (κ2) is 8.34. The molecule has 0 saturated heterocycles. The molecule has 2 heterocycles. The first-order valence-corrected chi connectivity index (χ1v) is 10.3. The van der Waals surface area contributed by atoms with Crippen LogP contribution in [0.3, 0.4) is 0 Å². The quantitative estimate of drug-likeness (QED) is 0.448. The van der Waals surface area contributed by atoms with E-state index in [-0.39, 0.29) is 18.4 Å². The van der Waals surface area contributed by atoms with Crippen LogP contribution in [0.2, 0.25) is 0 Å². The lowest BCUT2D eigenvalue weighted by atomic mass is 10.0. The van der Waals surface area contributed by atoms with Crippen LogP contribution in [0.1, 0.15) is 28.0 Å². The highest BCUT2D eigenvalue weighted by Gasteiger charge is 2.23. The number of amides is 1. The summed E-state index contributed by atoms with van der Waals surface area (Å²) in [4.78, 5) is 36.9. The van der Waals surface area contributed by atoms with Crippen molar-refractivity contribution in [3.8, 4) is 0 Å². The summed E-state index contributed by atoms with van der Waals surface area (Å²) in [5.41, 5.74) is 3.00. The van der Waals surface area contributed by atoms with Gasteiger partial charge in [-0.05, 0) is 43.5 Å². The lowest BCUT2D eigenvalue weighted by Gasteiger charge is -2.15. The normalized spacial score (nSPS) is 12.2. The lowest BCUT2D eigenvalue weighted by Crippen LogP contribution is -2.43. The molecule has 2 N–H and O–H groups in total. The summed E-state index contributed by atoms with van der Waals surface area (Å²) in [5, 5.41) is 13.7. The van der Waals surface area contributed by atoms with Crippen molar-refractivity contribution in [1.29, 1.82) is 0 Å². The lowest BCUT2D eigenvalue weighted by molar-refractivity contribution is -0.141. The van der Waals surface area contributed by atoms with E-state index in [1.54, 1.807) is 37.3 Å². The van der Waals surface area contributed by atoms with Gasteiger partial charge in [-0.15, -0.1) is 0 Å². The average Bonchev–Trinajstić information content (AvgIpc) is 3.03. The molecular weight excluding hydrogens is 410 g/mol. The Hall–Kier alpha value is -3.87. The molecule has 2 aromatic carbocycles. The van der Waals surface area contributed by atoms with E-state index in [4.69, 9.17) is 8.83 Å². The van der Waals surface area contributed by atoms with Crippen LogP contribution in [0.4, 0.5) is 0 Å². The Labute approximate surface area is 183 Å². The van der Waals surface area contributed by atoms with Crippen molar-refractivity contribution >= 4 is 33.8 Å². The minimum Gasteiger partial charge on any atom is -0.480 e. The van der Waals surface area contributed by atoms with Gasteiger partial charge in [0, 0.05) is 23.3 Å². The number of benzene rings is 2. The molecule has 0 aliphatic rings. The van der Waals surface area contributed by atoms with E-state index >= 15 is 0 Å². The molecule has 2 aromatic heterocycles. The zero-order chi connectivity index (χ0) is 23.0. The monoisotopic (exact) mass is 433 g/mol. The third-order valence-corrected chi connectivity index (χ3v) is 5.84. The summed E-state index contributed by atoms with van der Waals surface area (Å²) >= 11 is 0. The third kappa shape index (κ3) is 4.01. The number of furan rings is 1. The second-order valence-electron chi connectivity index (χ2n) is 7.95. The molecule has 1 atom stereocenters. The summed E-state index contributed by atoms with van der Waals surface area (Å²) in [6.07, 6.45) is -0.131. The Kier molecular flexibility index (Phi) is 5.57. The van der Waals surface area contributed by atoms with Gasteiger partial charge in [-0.1, -0.05) is 30.3 Å². The molecule has 0 aliphatic carbocycles. The fourth-order valence-corrected chi connectivity index (χ4v) is 3.88. The van der Waals surface area contributed by atoms with Gasteiger partial charge in [0.25, 0.3) is 0 Å². The maximum Gasteiger partial charge on any atom is 0.340 e. The minimum atomic E-state index is -1.14. The third-order valence-electron chi connectivity index (χ3n) is 5.84. The number of hydrogen-bond acceptors (Lipinski definition) is 5. The Morgan fingerprint density at radius 2 is 1.62 bits per heavy atom. The molecule has 0 radical (unpaired) electrons. The maximum atomic E-state index is 12.7. The molecule has 0 unspecified atom stereocenters. The highest BCUT2D eigenvalue weighted by atomic mass is 16.4. The first kappa shape index (κ1) is 21.4. The Bertz CT molecular complexity index is 1400. The summed E-state index contributed by atoms with van der Waals surface area (Å²) in [6, 6.07) is 11.5. The van der Waals surface area contributed by atoms with Gasteiger partial charge < -0.3 is 19.3 Å². The molecule has 164 valence electrons. The topological polar surface area (TPSA) is 110 Å². The molecule has 7 nitrogen and oxygen atoms in total. The molecule has 0 saturated carbocycles. The number of carboxylic acids is 1. The molecule has 0 fully saturated rings. The smallest absolute Gasteiger partial charge is 0.340 e. The van der Waals surface area contributed by atoms with Crippen molar-refractivity contribution in [2.24, 2.45) is 0 Å². The number of aryl methyl sites for hydroxylation is 3. The predicted molar refractivity (Wildman–Crippen MR) is 120 cm³/mol. The van der Waals surface area contributed by atoms with Crippen LogP contribution >= 0.6 is 0 Å². The summed E-state index contributed by atoms with van der Waals surface area (Å²) < 4.78 is 11.2. The zero-order valence-electron chi connectivity index (χ0n) is 18.0. The molecule has 7 heteroatoms. The number of fused-ring (bicyclic) bond motifs is 2. The fourth-order valence-electron chi connectivity index (χ4n) is 3.88. The molecule has 4 rings (SSSR count). The van der Waals surface area contributed by atoms with Gasteiger partial charge in [-0.25, -0.2) is 9.59 Å². The Morgan fingerprint density at radius 1 is 0.969 bits per heavy atom. The first-order chi connectivity index (χ1) is 15.2. The average molecular weight is 433 g/mol. The maximum absolute atomic E-state index is 12.7. The number of carboxylic acid groups (broad SMARTS) is 1. The number of aliphatic carboxylic acids is 1. The van der Waals surface area contributed by atoms with E-state index in [0.29, 0.717) is 22.1 Å². The van der Waals surface area contributed by atoms with Crippen molar-refractivity contribution in [3.05, 3.63) is 80.9 Å². The van der Waals surface area contributed by atoms with E-state index in [2.05, 4.69) is 5.32 Å². The highest BCUT2D eigenvalue weighted by Crippen LogP contribution is 2.31. The van der Waals surface area contributed by atoms with Crippen LogP contribution in [0.5, 0.6) is 0 Å². The van der Waals surface area contributed by atoms with Crippen LogP contribution in [-0.2, 0) is 22.4 Å². The highest BCUT2D eigenvalue weighted by molar-refractivity contribution is 5.97. The predicted octanol–water partition coefficient (Wildman–Crippen LogP) is 3.82. The summed E-state index contributed by atoms with van der Waals surface area (Å²) in [7, 11) is 0. The van der Waals surface area contributed by atoms with Gasteiger partial charge >= 0.3 is 11.6 Å².